The molecule has 0 atom stereocenters. The summed E-state index contributed by atoms with van der Waals surface area (Å²) in [6.45, 7) is 4.58. The lowest BCUT2D eigenvalue weighted by molar-refractivity contribution is -0.121. The molecular formula is C23H28FN5O2. The first-order valence-corrected chi connectivity index (χ1v) is 11.1. The Morgan fingerprint density at radius 1 is 1.16 bits per heavy atom. The third-order valence-corrected chi connectivity index (χ3v) is 5.56. The van der Waals surface area contributed by atoms with E-state index in [-0.39, 0.29) is 11.7 Å². The molecule has 31 heavy (non-hydrogen) atoms. The number of amides is 1. The summed E-state index contributed by atoms with van der Waals surface area (Å²) < 4.78 is 19.0. The van der Waals surface area contributed by atoms with Gasteiger partial charge in [-0.15, -0.1) is 0 Å². The molecule has 3 aromatic rings. The Morgan fingerprint density at radius 2 is 1.94 bits per heavy atom. The first-order valence-electron chi connectivity index (χ1n) is 11.1. The normalized spacial score (nSPS) is 14.2. The number of piperidine rings is 1. The highest BCUT2D eigenvalue weighted by Crippen LogP contribution is 2.35. The lowest BCUT2D eigenvalue weighted by Crippen LogP contribution is -2.31. The van der Waals surface area contributed by atoms with E-state index >= 15 is 0 Å². The predicted molar refractivity (Wildman–Crippen MR) is 117 cm³/mol. The monoisotopic (exact) mass is 425 g/mol. The molecule has 0 bridgehead atoms. The van der Waals surface area contributed by atoms with Crippen LogP contribution in [0.3, 0.4) is 0 Å². The third kappa shape index (κ3) is 5.00. The van der Waals surface area contributed by atoms with Gasteiger partial charge in [0.2, 0.25) is 5.91 Å². The van der Waals surface area contributed by atoms with Gasteiger partial charge in [-0.05, 0) is 49.9 Å². The Hall–Kier alpha value is -3.03. The first-order chi connectivity index (χ1) is 15.2. The Balaban J connectivity index is 1.65. The molecule has 0 radical (unpaired) electrons. The van der Waals surface area contributed by atoms with Crippen LogP contribution in [0.15, 0.2) is 28.8 Å². The van der Waals surface area contributed by atoms with Crippen molar-refractivity contribution in [2.45, 2.75) is 51.9 Å². The number of aryl methyl sites for hydroxylation is 1. The van der Waals surface area contributed by atoms with Crippen LogP contribution in [0, 0.1) is 5.82 Å². The van der Waals surface area contributed by atoms with Gasteiger partial charge >= 0.3 is 0 Å². The topological polar surface area (TPSA) is 84.2 Å². The molecule has 2 aromatic heterocycles. The van der Waals surface area contributed by atoms with Gasteiger partial charge in [0.25, 0.3) is 5.71 Å². The minimum Gasteiger partial charge on any atom is -0.356 e. The quantitative estimate of drug-likeness (QED) is 0.543. The molecule has 0 unspecified atom stereocenters. The number of halogens is 1. The van der Waals surface area contributed by atoms with Crippen LogP contribution in [0.1, 0.15) is 51.3 Å². The zero-order chi connectivity index (χ0) is 21.6. The Morgan fingerprint density at radius 3 is 2.68 bits per heavy atom. The van der Waals surface area contributed by atoms with Crippen molar-refractivity contribution in [3.8, 4) is 11.3 Å². The molecule has 1 aromatic carbocycles. The number of anilines is 1. The van der Waals surface area contributed by atoms with Crippen LogP contribution in [0.5, 0.6) is 0 Å². The summed E-state index contributed by atoms with van der Waals surface area (Å²) in [5.41, 5.74) is 1.76. The minimum absolute atomic E-state index is 0.00115. The van der Waals surface area contributed by atoms with E-state index in [2.05, 4.69) is 27.3 Å². The summed E-state index contributed by atoms with van der Waals surface area (Å²) in [4.78, 5) is 23.7. The average molecular weight is 426 g/mol. The van der Waals surface area contributed by atoms with Crippen molar-refractivity contribution in [2.75, 3.05) is 24.5 Å². The number of aromatic nitrogens is 3. The number of benzene rings is 1. The SMILES string of the molecule is CCCCNC(=O)CCc1nc(N2CCCCC2)c2c(-c3ccc(F)cc3)noc2n1. The van der Waals surface area contributed by atoms with Gasteiger partial charge in [-0.2, -0.15) is 4.98 Å². The summed E-state index contributed by atoms with van der Waals surface area (Å²) >= 11 is 0. The molecule has 8 heteroatoms. The number of carbonyl (C=O) groups is 1. The van der Waals surface area contributed by atoms with Crippen LogP contribution < -0.4 is 10.2 Å². The van der Waals surface area contributed by atoms with Crippen LogP contribution in [0.4, 0.5) is 10.2 Å². The Labute approximate surface area is 181 Å². The number of nitrogens with one attached hydrogen (secondary N) is 1. The highest BCUT2D eigenvalue weighted by atomic mass is 19.1. The van der Waals surface area contributed by atoms with Crippen LogP contribution >= 0.6 is 0 Å². The number of carbonyl (C=O) groups excluding carboxylic acids is 1. The van der Waals surface area contributed by atoms with Crippen molar-refractivity contribution in [3.63, 3.8) is 0 Å². The van der Waals surface area contributed by atoms with E-state index in [0.29, 0.717) is 36.6 Å². The van der Waals surface area contributed by atoms with Gasteiger partial charge in [-0.1, -0.05) is 18.5 Å². The maximum Gasteiger partial charge on any atom is 0.263 e. The predicted octanol–water partition coefficient (Wildman–Crippen LogP) is 4.26. The molecule has 164 valence electrons. The highest BCUT2D eigenvalue weighted by Gasteiger charge is 2.24. The fourth-order valence-corrected chi connectivity index (χ4v) is 3.85. The molecule has 1 amide bonds. The van der Waals surface area contributed by atoms with Gasteiger partial charge in [0.1, 0.15) is 28.5 Å². The second kappa shape index (κ2) is 9.85. The molecular weight excluding hydrogens is 397 g/mol. The maximum absolute atomic E-state index is 13.4. The summed E-state index contributed by atoms with van der Waals surface area (Å²) in [5, 5.41) is 7.90. The number of rotatable bonds is 8. The number of unbranched alkanes of at least 4 members (excludes halogenated alkanes) is 1. The van der Waals surface area contributed by atoms with Gasteiger partial charge in [-0.3, -0.25) is 4.79 Å². The van der Waals surface area contributed by atoms with Crippen LogP contribution in [0.25, 0.3) is 22.4 Å². The van der Waals surface area contributed by atoms with Gasteiger partial charge in [0, 0.05) is 38.0 Å². The lowest BCUT2D eigenvalue weighted by Gasteiger charge is -2.28. The first kappa shape index (κ1) is 21.2. The second-order valence-corrected chi connectivity index (χ2v) is 7.93. The molecule has 0 spiro atoms. The molecule has 1 saturated heterocycles. The summed E-state index contributed by atoms with van der Waals surface area (Å²) in [5.74, 6) is 1.05. The number of nitrogens with zero attached hydrogens (tertiary/aromatic N) is 4. The summed E-state index contributed by atoms with van der Waals surface area (Å²) in [6, 6.07) is 6.17. The zero-order valence-corrected chi connectivity index (χ0v) is 17.9. The van der Waals surface area contributed by atoms with Crippen LogP contribution in [-0.2, 0) is 11.2 Å². The molecule has 4 rings (SSSR count). The van der Waals surface area contributed by atoms with E-state index in [1.807, 2.05) is 0 Å². The molecule has 1 fully saturated rings. The van der Waals surface area contributed by atoms with Crippen molar-refractivity contribution in [2.24, 2.45) is 0 Å². The van der Waals surface area contributed by atoms with E-state index in [1.54, 1.807) is 12.1 Å². The van der Waals surface area contributed by atoms with Crippen molar-refractivity contribution < 1.29 is 13.7 Å². The van der Waals surface area contributed by atoms with Crippen molar-refractivity contribution in [1.29, 1.82) is 0 Å². The lowest BCUT2D eigenvalue weighted by atomic mass is 10.1. The molecule has 0 aliphatic carbocycles. The third-order valence-electron chi connectivity index (χ3n) is 5.56. The Kier molecular flexibility index (Phi) is 6.74. The fourth-order valence-electron chi connectivity index (χ4n) is 3.85. The summed E-state index contributed by atoms with van der Waals surface area (Å²) in [7, 11) is 0. The van der Waals surface area contributed by atoms with Gasteiger partial charge < -0.3 is 14.7 Å². The molecule has 7 nitrogen and oxygen atoms in total. The fraction of sp³-hybridized carbons (Fsp3) is 0.478. The smallest absolute Gasteiger partial charge is 0.263 e. The maximum atomic E-state index is 13.4. The van der Waals surface area contributed by atoms with E-state index in [4.69, 9.17) is 9.51 Å². The molecule has 0 saturated carbocycles. The largest absolute Gasteiger partial charge is 0.356 e. The molecule has 1 N–H and O–H groups in total. The number of hydrogen-bond acceptors (Lipinski definition) is 6. The van der Waals surface area contributed by atoms with E-state index < -0.39 is 0 Å². The van der Waals surface area contributed by atoms with Gasteiger partial charge in [0.15, 0.2) is 0 Å². The van der Waals surface area contributed by atoms with E-state index in [0.717, 1.165) is 55.5 Å². The van der Waals surface area contributed by atoms with E-state index in [9.17, 15) is 9.18 Å². The molecule has 1 aliphatic heterocycles. The highest BCUT2D eigenvalue weighted by molar-refractivity contribution is 5.98. The van der Waals surface area contributed by atoms with Crippen molar-refractivity contribution in [3.05, 3.63) is 35.9 Å². The van der Waals surface area contributed by atoms with Crippen molar-refractivity contribution in [1.82, 2.24) is 20.4 Å². The van der Waals surface area contributed by atoms with Gasteiger partial charge in [0.05, 0.1) is 0 Å². The molecule has 1 aliphatic rings. The van der Waals surface area contributed by atoms with Crippen LogP contribution in [0.2, 0.25) is 0 Å². The standard InChI is InChI=1S/C23H28FN5O2/c1-2-3-13-25-19(30)12-11-18-26-22(29-14-5-4-6-15-29)20-21(28-31-23(20)27-18)16-7-9-17(24)10-8-16/h7-10H,2-6,11-15H2,1H3,(H,25,30). The summed E-state index contributed by atoms with van der Waals surface area (Å²) in [6.07, 6.45) is 6.16. The van der Waals surface area contributed by atoms with Crippen LogP contribution in [-0.4, -0.2) is 40.7 Å². The Bertz CT molecular complexity index is 1030. The second-order valence-electron chi connectivity index (χ2n) is 7.93. The zero-order valence-electron chi connectivity index (χ0n) is 17.9. The van der Waals surface area contributed by atoms with Gasteiger partial charge in [-0.25, -0.2) is 9.37 Å². The minimum atomic E-state index is -0.302. The molecule has 3 heterocycles. The number of fused-ring (bicyclic) bond motifs is 1. The average Bonchev–Trinajstić information content (AvgIpc) is 3.22. The van der Waals surface area contributed by atoms with E-state index in [1.165, 1.54) is 18.6 Å². The number of hydrogen-bond donors (Lipinski definition) is 1. The van der Waals surface area contributed by atoms with Crippen molar-refractivity contribution >= 4 is 22.8 Å².